The first-order chi connectivity index (χ1) is 12.0. The Morgan fingerprint density at radius 1 is 1.32 bits per heavy atom. The second-order valence-corrected chi connectivity index (χ2v) is 6.93. The SMILES string of the molecule is Cc1[nH]c2c(F)cc(F)cc2c1CCNC(=O)[C@@H]1CCCCCN1C. The molecule has 1 aliphatic rings. The predicted molar refractivity (Wildman–Crippen MR) is 94.6 cm³/mol. The van der Waals surface area contributed by atoms with E-state index in [1.807, 2.05) is 14.0 Å². The minimum absolute atomic E-state index is 0.0410. The van der Waals surface area contributed by atoms with Crippen molar-refractivity contribution in [3.63, 3.8) is 0 Å². The average Bonchev–Trinajstić information content (AvgIpc) is 2.73. The van der Waals surface area contributed by atoms with Gasteiger partial charge in [0.25, 0.3) is 0 Å². The topological polar surface area (TPSA) is 48.1 Å². The molecule has 1 aromatic heterocycles. The number of aromatic nitrogens is 1. The van der Waals surface area contributed by atoms with E-state index in [2.05, 4.69) is 15.2 Å². The fourth-order valence-corrected chi connectivity index (χ4v) is 3.74. The number of benzene rings is 1. The van der Waals surface area contributed by atoms with Gasteiger partial charge in [0.1, 0.15) is 11.6 Å². The van der Waals surface area contributed by atoms with Crippen molar-refractivity contribution < 1.29 is 13.6 Å². The number of H-pyrrole nitrogens is 1. The van der Waals surface area contributed by atoms with Crippen molar-refractivity contribution in [2.24, 2.45) is 0 Å². The van der Waals surface area contributed by atoms with Crippen molar-refractivity contribution in [1.29, 1.82) is 0 Å². The number of aromatic amines is 1. The highest BCUT2D eigenvalue weighted by atomic mass is 19.1. The number of fused-ring (bicyclic) bond motifs is 1. The van der Waals surface area contributed by atoms with Gasteiger partial charge < -0.3 is 10.3 Å². The number of hydrogen-bond donors (Lipinski definition) is 2. The lowest BCUT2D eigenvalue weighted by atomic mass is 10.1. The van der Waals surface area contributed by atoms with Crippen LogP contribution in [-0.4, -0.2) is 42.0 Å². The van der Waals surface area contributed by atoms with Crippen LogP contribution in [0.4, 0.5) is 8.78 Å². The molecule has 1 fully saturated rings. The van der Waals surface area contributed by atoms with Crippen LogP contribution in [0.3, 0.4) is 0 Å². The summed E-state index contributed by atoms with van der Waals surface area (Å²) in [5.74, 6) is -1.14. The highest BCUT2D eigenvalue weighted by Gasteiger charge is 2.24. The summed E-state index contributed by atoms with van der Waals surface area (Å²) in [7, 11) is 1.99. The number of amides is 1. The third kappa shape index (κ3) is 3.84. The van der Waals surface area contributed by atoms with Gasteiger partial charge in [0, 0.05) is 23.7 Å². The molecule has 0 saturated carbocycles. The van der Waals surface area contributed by atoms with E-state index < -0.39 is 11.6 Å². The highest BCUT2D eigenvalue weighted by Crippen LogP contribution is 2.26. The lowest BCUT2D eigenvalue weighted by Gasteiger charge is -2.24. The largest absolute Gasteiger partial charge is 0.356 e. The summed E-state index contributed by atoms with van der Waals surface area (Å²) >= 11 is 0. The molecular weight excluding hydrogens is 324 g/mol. The Kier molecular flexibility index (Phi) is 5.37. The van der Waals surface area contributed by atoms with E-state index in [0.717, 1.165) is 43.1 Å². The van der Waals surface area contributed by atoms with Gasteiger partial charge in [-0.15, -0.1) is 0 Å². The number of nitrogens with one attached hydrogen (secondary N) is 2. The molecular formula is C19H25F2N3O. The molecule has 1 aliphatic heterocycles. The van der Waals surface area contributed by atoms with Crippen molar-refractivity contribution in [3.05, 3.63) is 35.0 Å². The Hall–Kier alpha value is -1.95. The molecule has 2 aromatic rings. The van der Waals surface area contributed by atoms with Gasteiger partial charge in [0.15, 0.2) is 0 Å². The number of halogens is 2. The maximum Gasteiger partial charge on any atom is 0.237 e. The van der Waals surface area contributed by atoms with Crippen molar-refractivity contribution in [3.8, 4) is 0 Å². The van der Waals surface area contributed by atoms with Gasteiger partial charge in [-0.2, -0.15) is 0 Å². The average molecular weight is 349 g/mol. The summed E-state index contributed by atoms with van der Waals surface area (Å²) in [5.41, 5.74) is 1.98. The van der Waals surface area contributed by atoms with Gasteiger partial charge in [0.05, 0.1) is 11.6 Å². The molecule has 1 amide bonds. The summed E-state index contributed by atoms with van der Waals surface area (Å²) in [4.78, 5) is 17.6. The maximum atomic E-state index is 13.9. The molecule has 0 radical (unpaired) electrons. The van der Waals surface area contributed by atoms with E-state index in [1.165, 1.54) is 12.5 Å². The van der Waals surface area contributed by atoms with Crippen molar-refractivity contribution >= 4 is 16.8 Å². The Balaban J connectivity index is 1.67. The molecule has 25 heavy (non-hydrogen) atoms. The quantitative estimate of drug-likeness (QED) is 0.890. The van der Waals surface area contributed by atoms with Crippen LogP contribution in [0.15, 0.2) is 12.1 Å². The molecule has 1 aromatic carbocycles. The van der Waals surface area contributed by atoms with Crippen LogP contribution >= 0.6 is 0 Å². The predicted octanol–water partition coefficient (Wildman–Crippen LogP) is 3.29. The molecule has 0 aliphatic carbocycles. The van der Waals surface area contributed by atoms with Crippen molar-refractivity contribution in [2.45, 2.75) is 45.1 Å². The van der Waals surface area contributed by atoms with Crippen molar-refractivity contribution in [1.82, 2.24) is 15.2 Å². The number of carbonyl (C=O) groups is 1. The summed E-state index contributed by atoms with van der Waals surface area (Å²) in [6, 6.07) is 2.14. The van der Waals surface area contributed by atoms with E-state index in [9.17, 15) is 13.6 Å². The van der Waals surface area contributed by atoms with Gasteiger partial charge in [-0.3, -0.25) is 9.69 Å². The lowest BCUT2D eigenvalue weighted by Crippen LogP contribution is -2.45. The van der Waals surface area contributed by atoms with Crippen molar-refractivity contribution in [2.75, 3.05) is 20.1 Å². The summed E-state index contributed by atoms with van der Waals surface area (Å²) in [6.45, 7) is 3.24. The third-order valence-corrected chi connectivity index (χ3v) is 5.14. The van der Waals surface area contributed by atoms with Gasteiger partial charge in [-0.05, 0) is 51.4 Å². The van der Waals surface area contributed by atoms with Crippen LogP contribution < -0.4 is 5.32 Å². The molecule has 1 atom stereocenters. The molecule has 0 bridgehead atoms. The number of hydrogen-bond acceptors (Lipinski definition) is 2. The highest BCUT2D eigenvalue weighted by molar-refractivity contribution is 5.85. The molecule has 4 nitrogen and oxygen atoms in total. The summed E-state index contributed by atoms with van der Waals surface area (Å²) in [6.07, 6.45) is 4.79. The minimum Gasteiger partial charge on any atom is -0.356 e. The summed E-state index contributed by atoms with van der Waals surface area (Å²) in [5, 5.41) is 3.54. The molecule has 3 rings (SSSR count). The fraction of sp³-hybridized carbons (Fsp3) is 0.526. The van der Waals surface area contributed by atoms with Crippen LogP contribution in [0.2, 0.25) is 0 Å². The van der Waals surface area contributed by atoms with E-state index in [0.29, 0.717) is 23.9 Å². The molecule has 2 N–H and O–H groups in total. The van der Waals surface area contributed by atoms with E-state index in [4.69, 9.17) is 0 Å². The third-order valence-electron chi connectivity index (χ3n) is 5.14. The maximum absolute atomic E-state index is 13.9. The molecule has 2 heterocycles. The Morgan fingerprint density at radius 3 is 2.92 bits per heavy atom. The standard InChI is InChI=1S/C19H25F2N3O/c1-12-14(15-10-13(20)11-16(21)18(15)23-12)7-8-22-19(25)17-6-4-3-5-9-24(17)2/h10-11,17,23H,3-9H2,1-2H3,(H,22,25)/t17-/m0/s1. The van der Waals surface area contributed by atoms with Gasteiger partial charge in [0.2, 0.25) is 5.91 Å². The lowest BCUT2D eigenvalue weighted by molar-refractivity contribution is -0.126. The normalized spacial score (nSPS) is 19.1. The number of likely N-dealkylation sites (N-methyl/N-ethyl adjacent to an activating group) is 1. The van der Waals surface area contributed by atoms with Crippen LogP contribution in [0.25, 0.3) is 10.9 Å². The van der Waals surface area contributed by atoms with Crippen LogP contribution in [0.1, 0.15) is 36.9 Å². The number of rotatable bonds is 4. The molecule has 0 unspecified atom stereocenters. The zero-order valence-electron chi connectivity index (χ0n) is 14.8. The monoisotopic (exact) mass is 349 g/mol. The number of aryl methyl sites for hydroxylation is 1. The number of nitrogens with zero attached hydrogens (tertiary/aromatic N) is 1. The van der Waals surface area contributed by atoms with Gasteiger partial charge in [-0.25, -0.2) is 8.78 Å². The number of likely N-dealkylation sites (tertiary alicyclic amines) is 1. The Morgan fingerprint density at radius 2 is 2.12 bits per heavy atom. The fourth-order valence-electron chi connectivity index (χ4n) is 3.74. The van der Waals surface area contributed by atoms with Gasteiger partial charge in [-0.1, -0.05) is 12.8 Å². The molecule has 1 saturated heterocycles. The van der Waals surface area contributed by atoms with Gasteiger partial charge >= 0.3 is 0 Å². The van der Waals surface area contributed by atoms with Crippen LogP contribution in [0, 0.1) is 18.6 Å². The Bertz CT molecular complexity index is 772. The first-order valence-electron chi connectivity index (χ1n) is 8.91. The molecule has 6 heteroatoms. The summed E-state index contributed by atoms with van der Waals surface area (Å²) < 4.78 is 27.4. The first-order valence-corrected chi connectivity index (χ1v) is 8.91. The zero-order chi connectivity index (χ0) is 18.0. The van der Waals surface area contributed by atoms with E-state index >= 15 is 0 Å². The first kappa shape index (κ1) is 17.9. The molecule has 0 spiro atoms. The molecule has 136 valence electrons. The Labute approximate surface area is 146 Å². The zero-order valence-corrected chi connectivity index (χ0v) is 14.8. The smallest absolute Gasteiger partial charge is 0.237 e. The van der Waals surface area contributed by atoms with Crippen LogP contribution in [-0.2, 0) is 11.2 Å². The minimum atomic E-state index is -0.589. The van der Waals surface area contributed by atoms with E-state index in [-0.39, 0.29) is 11.9 Å². The van der Waals surface area contributed by atoms with Crippen LogP contribution in [0.5, 0.6) is 0 Å². The number of carbonyl (C=O) groups excluding carboxylic acids is 1. The second-order valence-electron chi connectivity index (χ2n) is 6.93. The van der Waals surface area contributed by atoms with E-state index in [1.54, 1.807) is 0 Å². The second kappa shape index (κ2) is 7.52.